The molecule has 0 saturated carbocycles. The third kappa shape index (κ3) is 3.85. The Bertz CT molecular complexity index is 379. The molecule has 0 amide bonds. The van der Waals surface area contributed by atoms with E-state index in [1.54, 1.807) is 0 Å². The minimum Gasteiger partial charge on any atom is -0.469 e. The second-order valence-corrected chi connectivity index (χ2v) is 4.70. The lowest BCUT2D eigenvalue weighted by molar-refractivity contribution is -0.140. The number of carbonyl (C=O) groups is 1. The van der Waals surface area contributed by atoms with Gasteiger partial charge in [-0.1, -0.05) is 15.9 Å². The molecule has 3 nitrogen and oxygen atoms in total. The molecule has 0 heterocycles. The maximum absolute atomic E-state index is 11.1. The van der Waals surface area contributed by atoms with E-state index in [0.717, 1.165) is 15.7 Å². The van der Waals surface area contributed by atoms with Crippen LogP contribution in [0.2, 0.25) is 0 Å². The highest BCUT2D eigenvalue weighted by Gasteiger charge is 2.09. The van der Waals surface area contributed by atoms with Crippen LogP contribution in [0.5, 0.6) is 0 Å². The number of hydrogen-bond donors (Lipinski definition) is 1. The predicted molar refractivity (Wildman–Crippen MR) is 68.6 cm³/mol. The highest BCUT2D eigenvalue weighted by molar-refractivity contribution is 9.10. The van der Waals surface area contributed by atoms with Crippen LogP contribution in [-0.4, -0.2) is 19.1 Å². The molecular weight excluding hydrogens is 270 g/mol. The zero-order chi connectivity index (χ0) is 12.1. The van der Waals surface area contributed by atoms with Gasteiger partial charge in [0.2, 0.25) is 0 Å². The molecule has 1 N–H and O–H groups in total. The van der Waals surface area contributed by atoms with Gasteiger partial charge in [0, 0.05) is 16.2 Å². The average Bonchev–Trinajstić information content (AvgIpc) is 2.22. The number of hydrogen-bond acceptors (Lipinski definition) is 3. The maximum Gasteiger partial charge on any atom is 0.307 e. The van der Waals surface area contributed by atoms with E-state index in [4.69, 9.17) is 0 Å². The molecule has 1 unspecified atom stereocenters. The molecule has 0 aromatic heterocycles. The minimum absolute atomic E-state index is 0.0623. The number of carbonyl (C=O) groups excluding carboxylic acids is 1. The number of nitrogens with one attached hydrogen (secondary N) is 1. The van der Waals surface area contributed by atoms with Crippen molar-refractivity contribution in [1.82, 2.24) is 0 Å². The lowest BCUT2D eigenvalue weighted by atomic mass is 10.1. The van der Waals surface area contributed by atoms with E-state index in [-0.39, 0.29) is 12.0 Å². The minimum atomic E-state index is -0.199. The van der Waals surface area contributed by atoms with Crippen molar-refractivity contribution in [1.29, 1.82) is 0 Å². The fraction of sp³-hybridized carbons (Fsp3) is 0.417. The van der Waals surface area contributed by atoms with Crippen molar-refractivity contribution in [2.75, 3.05) is 12.4 Å². The zero-order valence-corrected chi connectivity index (χ0v) is 11.3. The van der Waals surface area contributed by atoms with E-state index in [1.807, 2.05) is 32.0 Å². The SMILES string of the molecule is COC(=O)CC(C)Nc1ccc(Br)cc1C. The van der Waals surface area contributed by atoms with Crippen LogP contribution in [0.25, 0.3) is 0 Å². The molecule has 1 atom stereocenters. The molecular formula is C12H16BrNO2. The van der Waals surface area contributed by atoms with Crippen LogP contribution in [0.3, 0.4) is 0 Å². The molecule has 0 radical (unpaired) electrons. The van der Waals surface area contributed by atoms with Gasteiger partial charge in [0.05, 0.1) is 13.5 Å². The van der Waals surface area contributed by atoms with Crippen LogP contribution in [-0.2, 0) is 9.53 Å². The summed E-state index contributed by atoms with van der Waals surface area (Å²) in [5.74, 6) is -0.199. The molecule has 0 aliphatic carbocycles. The zero-order valence-electron chi connectivity index (χ0n) is 9.71. The summed E-state index contributed by atoms with van der Waals surface area (Å²) in [6.07, 6.45) is 0.367. The Labute approximate surface area is 104 Å². The summed E-state index contributed by atoms with van der Waals surface area (Å²) in [5, 5.41) is 3.28. The van der Waals surface area contributed by atoms with Gasteiger partial charge in [-0.15, -0.1) is 0 Å². The highest BCUT2D eigenvalue weighted by Crippen LogP contribution is 2.21. The fourth-order valence-electron chi connectivity index (χ4n) is 1.44. The molecule has 88 valence electrons. The quantitative estimate of drug-likeness (QED) is 0.864. The van der Waals surface area contributed by atoms with Crippen LogP contribution in [0, 0.1) is 6.92 Å². The normalized spacial score (nSPS) is 12.0. The summed E-state index contributed by atoms with van der Waals surface area (Å²) >= 11 is 3.41. The Morgan fingerprint density at radius 2 is 2.25 bits per heavy atom. The molecule has 1 aromatic carbocycles. The molecule has 4 heteroatoms. The van der Waals surface area contributed by atoms with Crippen molar-refractivity contribution in [2.24, 2.45) is 0 Å². The van der Waals surface area contributed by atoms with Gasteiger partial charge in [-0.25, -0.2) is 0 Å². The molecule has 16 heavy (non-hydrogen) atoms. The van der Waals surface area contributed by atoms with Crippen molar-refractivity contribution < 1.29 is 9.53 Å². The van der Waals surface area contributed by atoms with E-state index in [1.165, 1.54) is 7.11 Å². The number of ether oxygens (including phenoxy) is 1. The monoisotopic (exact) mass is 285 g/mol. The summed E-state index contributed by atoms with van der Waals surface area (Å²) in [5.41, 5.74) is 2.19. The maximum atomic E-state index is 11.1. The van der Waals surface area contributed by atoms with E-state index in [0.29, 0.717) is 6.42 Å². The Hall–Kier alpha value is -1.03. The number of rotatable bonds is 4. The van der Waals surface area contributed by atoms with Crippen LogP contribution < -0.4 is 5.32 Å². The van der Waals surface area contributed by atoms with Gasteiger partial charge < -0.3 is 10.1 Å². The number of benzene rings is 1. The smallest absolute Gasteiger partial charge is 0.307 e. The molecule has 0 aliphatic heterocycles. The van der Waals surface area contributed by atoms with E-state index in [2.05, 4.69) is 26.0 Å². The van der Waals surface area contributed by atoms with E-state index >= 15 is 0 Å². The van der Waals surface area contributed by atoms with Crippen LogP contribution >= 0.6 is 15.9 Å². The molecule has 0 aliphatic rings. The van der Waals surface area contributed by atoms with Gasteiger partial charge in [-0.2, -0.15) is 0 Å². The van der Waals surface area contributed by atoms with Crippen molar-refractivity contribution in [3.05, 3.63) is 28.2 Å². The van der Waals surface area contributed by atoms with Gasteiger partial charge in [0.1, 0.15) is 0 Å². The van der Waals surface area contributed by atoms with Crippen LogP contribution in [0.15, 0.2) is 22.7 Å². The Morgan fingerprint density at radius 3 is 2.81 bits per heavy atom. The number of anilines is 1. The third-order valence-corrected chi connectivity index (χ3v) is 2.78. The topological polar surface area (TPSA) is 38.3 Å². The summed E-state index contributed by atoms with van der Waals surface area (Å²) in [7, 11) is 1.40. The lowest BCUT2D eigenvalue weighted by Gasteiger charge is -2.16. The number of esters is 1. The summed E-state index contributed by atoms with van der Waals surface area (Å²) < 4.78 is 5.67. The van der Waals surface area contributed by atoms with Gasteiger partial charge in [0.25, 0.3) is 0 Å². The fourth-order valence-corrected chi connectivity index (χ4v) is 1.91. The van der Waals surface area contributed by atoms with Crippen molar-refractivity contribution >= 4 is 27.6 Å². The van der Waals surface area contributed by atoms with Gasteiger partial charge in [0.15, 0.2) is 0 Å². The first-order chi connectivity index (χ1) is 7.52. The Kier molecular flexibility index (Phi) is 4.80. The number of halogens is 1. The largest absolute Gasteiger partial charge is 0.469 e. The standard InChI is InChI=1S/C12H16BrNO2/c1-8-6-10(13)4-5-11(8)14-9(2)7-12(15)16-3/h4-6,9,14H,7H2,1-3H3. The molecule has 1 rings (SSSR count). The molecule has 0 fully saturated rings. The van der Waals surface area contributed by atoms with Gasteiger partial charge >= 0.3 is 5.97 Å². The first kappa shape index (κ1) is 13.0. The van der Waals surface area contributed by atoms with E-state index in [9.17, 15) is 4.79 Å². The number of methoxy groups -OCH3 is 1. The lowest BCUT2D eigenvalue weighted by Crippen LogP contribution is -2.20. The first-order valence-electron chi connectivity index (χ1n) is 5.12. The molecule has 0 saturated heterocycles. The third-order valence-electron chi connectivity index (χ3n) is 2.29. The van der Waals surface area contributed by atoms with Crippen LogP contribution in [0.1, 0.15) is 18.9 Å². The molecule has 0 bridgehead atoms. The van der Waals surface area contributed by atoms with Crippen molar-refractivity contribution in [3.8, 4) is 0 Å². The second kappa shape index (κ2) is 5.89. The summed E-state index contributed by atoms with van der Waals surface area (Å²) in [4.78, 5) is 11.1. The highest BCUT2D eigenvalue weighted by atomic mass is 79.9. The molecule has 0 spiro atoms. The van der Waals surface area contributed by atoms with Gasteiger partial charge in [-0.3, -0.25) is 4.79 Å². The Balaban J connectivity index is 2.62. The summed E-state index contributed by atoms with van der Waals surface area (Å²) in [6.45, 7) is 3.98. The van der Waals surface area contributed by atoms with Crippen molar-refractivity contribution in [3.63, 3.8) is 0 Å². The average molecular weight is 286 g/mol. The Morgan fingerprint density at radius 1 is 1.56 bits per heavy atom. The number of aryl methyl sites for hydroxylation is 1. The predicted octanol–water partition coefficient (Wildman–Crippen LogP) is 3.12. The second-order valence-electron chi connectivity index (χ2n) is 3.78. The van der Waals surface area contributed by atoms with Gasteiger partial charge in [-0.05, 0) is 37.6 Å². The van der Waals surface area contributed by atoms with Crippen LogP contribution in [0.4, 0.5) is 5.69 Å². The summed E-state index contributed by atoms with van der Waals surface area (Å²) in [6, 6.07) is 6.06. The van der Waals surface area contributed by atoms with Crippen molar-refractivity contribution in [2.45, 2.75) is 26.3 Å². The van der Waals surface area contributed by atoms with E-state index < -0.39 is 0 Å². The molecule has 1 aromatic rings. The first-order valence-corrected chi connectivity index (χ1v) is 5.91.